The zero-order valence-corrected chi connectivity index (χ0v) is 14.8. The van der Waals surface area contributed by atoms with Crippen LogP contribution in [0.2, 0.25) is 0 Å². The Kier molecular flexibility index (Phi) is 5.21. The summed E-state index contributed by atoms with van der Waals surface area (Å²) < 4.78 is 0. The second-order valence-corrected chi connectivity index (χ2v) is 6.86. The molecule has 0 fully saturated rings. The minimum absolute atomic E-state index is 0.385. The standard InChI is InChI=1S/C19H20N4OS/c1-14-6-11-25-17(14)19(18(20)24,12-15-2-7-21-8-3-15)23-13-16-4-9-22-10-5-16/h2-11,23H,12-13H2,1H3,(H2,20,24). The molecule has 1 amide bonds. The number of nitrogens with one attached hydrogen (secondary N) is 1. The third-order valence-corrected chi connectivity index (χ3v) is 5.41. The van der Waals surface area contributed by atoms with Crippen LogP contribution < -0.4 is 11.1 Å². The lowest BCUT2D eigenvalue weighted by Crippen LogP contribution is -2.53. The van der Waals surface area contributed by atoms with Crippen molar-refractivity contribution in [2.24, 2.45) is 5.73 Å². The molecule has 1 atom stereocenters. The van der Waals surface area contributed by atoms with Crippen molar-refractivity contribution in [2.45, 2.75) is 25.4 Å². The summed E-state index contributed by atoms with van der Waals surface area (Å²) in [4.78, 5) is 21.7. The fraction of sp³-hybridized carbons (Fsp3) is 0.211. The number of carbonyl (C=O) groups excluding carboxylic acids is 1. The van der Waals surface area contributed by atoms with E-state index in [2.05, 4.69) is 15.3 Å². The molecule has 5 nitrogen and oxygen atoms in total. The first-order valence-electron chi connectivity index (χ1n) is 7.99. The molecule has 0 aliphatic heterocycles. The van der Waals surface area contributed by atoms with Crippen molar-refractivity contribution < 1.29 is 4.79 Å². The maximum atomic E-state index is 12.6. The van der Waals surface area contributed by atoms with E-state index in [1.807, 2.05) is 42.6 Å². The second-order valence-electron chi connectivity index (χ2n) is 5.94. The number of aromatic nitrogens is 2. The number of nitrogens with two attached hydrogens (primary N) is 1. The van der Waals surface area contributed by atoms with Crippen molar-refractivity contribution in [3.63, 3.8) is 0 Å². The lowest BCUT2D eigenvalue weighted by molar-refractivity contribution is -0.124. The molecule has 128 valence electrons. The summed E-state index contributed by atoms with van der Waals surface area (Å²) in [6, 6.07) is 9.68. The average Bonchev–Trinajstić information content (AvgIpc) is 3.06. The van der Waals surface area contributed by atoms with Gasteiger partial charge in [0.2, 0.25) is 5.91 Å². The highest BCUT2D eigenvalue weighted by atomic mass is 32.1. The third kappa shape index (κ3) is 3.75. The van der Waals surface area contributed by atoms with Crippen molar-refractivity contribution in [2.75, 3.05) is 0 Å². The van der Waals surface area contributed by atoms with Crippen molar-refractivity contribution in [1.29, 1.82) is 0 Å². The van der Waals surface area contributed by atoms with Crippen LogP contribution in [0.25, 0.3) is 0 Å². The summed E-state index contributed by atoms with van der Waals surface area (Å²) in [6.45, 7) is 2.53. The fourth-order valence-electron chi connectivity index (χ4n) is 2.88. The molecule has 0 aliphatic carbocycles. The monoisotopic (exact) mass is 352 g/mol. The van der Waals surface area contributed by atoms with E-state index in [-0.39, 0.29) is 5.91 Å². The smallest absolute Gasteiger partial charge is 0.243 e. The Bertz CT molecular complexity index is 835. The van der Waals surface area contributed by atoms with Crippen LogP contribution in [0.4, 0.5) is 0 Å². The van der Waals surface area contributed by atoms with E-state index in [0.717, 1.165) is 21.6 Å². The first-order chi connectivity index (χ1) is 12.1. The predicted octanol–water partition coefficient (Wildman–Crippen LogP) is 2.56. The zero-order valence-electron chi connectivity index (χ0n) is 14.0. The molecule has 0 aliphatic rings. The number of pyridine rings is 2. The van der Waals surface area contributed by atoms with Gasteiger partial charge in [0, 0.05) is 42.6 Å². The Morgan fingerprint density at radius 3 is 2.20 bits per heavy atom. The van der Waals surface area contributed by atoms with E-state index < -0.39 is 5.54 Å². The van der Waals surface area contributed by atoms with Crippen molar-refractivity contribution in [3.05, 3.63) is 82.1 Å². The highest BCUT2D eigenvalue weighted by molar-refractivity contribution is 7.10. The van der Waals surface area contributed by atoms with Crippen LogP contribution in [0.3, 0.4) is 0 Å². The highest BCUT2D eigenvalue weighted by Gasteiger charge is 2.40. The molecule has 6 heteroatoms. The predicted molar refractivity (Wildman–Crippen MR) is 98.9 cm³/mol. The van der Waals surface area contributed by atoms with Crippen LogP contribution in [0.5, 0.6) is 0 Å². The minimum Gasteiger partial charge on any atom is -0.368 e. The molecular formula is C19H20N4OS. The molecule has 3 aromatic heterocycles. The number of primary amides is 1. The normalized spacial score (nSPS) is 13.3. The Labute approximate surface area is 151 Å². The van der Waals surface area contributed by atoms with Gasteiger partial charge >= 0.3 is 0 Å². The van der Waals surface area contributed by atoms with Crippen molar-refractivity contribution in [1.82, 2.24) is 15.3 Å². The van der Waals surface area contributed by atoms with Gasteiger partial charge in [-0.2, -0.15) is 0 Å². The maximum absolute atomic E-state index is 12.6. The molecule has 3 N–H and O–H groups in total. The van der Waals surface area contributed by atoms with Gasteiger partial charge in [0.05, 0.1) is 0 Å². The molecular weight excluding hydrogens is 332 g/mol. The highest BCUT2D eigenvalue weighted by Crippen LogP contribution is 2.33. The summed E-state index contributed by atoms with van der Waals surface area (Å²) >= 11 is 1.55. The largest absolute Gasteiger partial charge is 0.368 e. The quantitative estimate of drug-likeness (QED) is 0.685. The number of aryl methyl sites for hydroxylation is 1. The van der Waals surface area contributed by atoms with Gasteiger partial charge in [-0.3, -0.25) is 20.1 Å². The van der Waals surface area contributed by atoms with E-state index in [0.29, 0.717) is 13.0 Å². The Hall–Kier alpha value is -2.57. The maximum Gasteiger partial charge on any atom is 0.243 e. The minimum atomic E-state index is -0.969. The molecule has 0 saturated carbocycles. The van der Waals surface area contributed by atoms with Crippen LogP contribution in [0, 0.1) is 6.92 Å². The summed E-state index contributed by atoms with van der Waals surface area (Å²) in [5.41, 5.74) is 8.06. The summed E-state index contributed by atoms with van der Waals surface area (Å²) in [6.07, 6.45) is 7.40. The molecule has 3 aromatic rings. The number of hydrogen-bond acceptors (Lipinski definition) is 5. The van der Waals surface area contributed by atoms with Crippen LogP contribution in [-0.2, 0) is 23.3 Å². The van der Waals surface area contributed by atoms with Crippen molar-refractivity contribution >= 4 is 17.2 Å². The zero-order chi connectivity index (χ0) is 17.7. The fourth-order valence-corrected chi connectivity index (χ4v) is 3.99. The second kappa shape index (κ2) is 7.55. The number of amides is 1. The molecule has 0 spiro atoms. The SMILES string of the molecule is Cc1ccsc1C(Cc1ccncc1)(NCc1ccncc1)C(N)=O. The number of thiophene rings is 1. The topological polar surface area (TPSA) is 80.9 Å². The third-order valence-electron chi connectivity index (χ3n) is 4.23. The van der Waals surface area contributed by atoms with Crippen LogP contribution >= 0.6 is 11.3 Å². The van der Waals surface area contributed by atoms with Gasteiger partial charge < -0.3 is 5.73 Å². The molecule has 3 rings (SSSR count). The molecule has 0 bridgehead atoms. The van der Waals surface area contributed by atoms with E-state index >= 15 is 0 Å². The molecule has 1 unspecified atom stereocenters. The van der Waals surface area contributed by atoms with Gasteiger partial charge in [-0.15, -0.1) is 11.3 Å². The van der Waals surface area contributed by atoms with Crippen LogP contribution in [0.1, 0.15) is 21.6 Å². The average molecular weight is 352 g/mol. The van der Waals surface area contributed by atoms with Crippen molar-refractivity contribution in [3.8, 4) is 0 Å². The van der Waals surface area contributed by atoms with E-state index in [4.69, 9.17) is 5.73 Å². The summed E-state index contributed by atoms with van der Waals surface area (Å²) in [5.74, 6) is -0.385. The number of carbonyl (C=O) groups is 1. The Morgan fingerprint density at radius 1 is 1.08 bits per heavy atom. The first-order valence-corrected chi connectivity index (χ1v) is 8.87. The van der Waals surface area contributed by atoms with Gasteiger partial charge in [0.25, 0.3) is 0 Å². The lowest BCUT2D eigenvalue weighted by Gasteiger charge is -2.32. The Morgan fingerprint density at radius 2 is 1.68 bits per heavy atom. The van der Waals surface area contributed by atoms with E-state index in [1.54, 1.807) is 36.1 Å². The van der Waals surface area contributed by atoms with Gasteiger partial charge in [0.1, 0.15) is 5.54 Å². The summed E-state index contributed by atoms with van der Waals surface area (Å²) in [7, 11) is 0. The van der Waals surface area contributed by atoms with E-state index in [1.165, 1.54) is 0 Å². The molecule has 25 heavy (non-hydrogen) atoms. The number of hydrogen-bond donors (Lipinski definition) is 2. The van der Waals surface area contributed by atoms with Gasteiger partial charge in [-0.25, -0.2) is 0 Å². The lowest BCUT2D eigenvalue weighted by atomic mass is 9.86. The molecule has 0 saturated heterocycles. The molecule has 3 heterocycles. The first kappa shape index (κ1) is 17.3. The van der Waals surface area contributed by atoms with Crippen LogP contribution in [0.15, 0.2) is 60.5 Å². The van der Waals surface area contributed by atoms with Crippen LogP contribution in [-0.4, -0.2) is 15.9 Å². The van der Waals surface area contributed by atoms with Gasteiger partial charge in [0.15, 0.2) is 0 Å². The number of rotatable bonds is 7. The van der Waals surface area contributed by atoms with E-state index in [9.17, 15) is 4.79 Å². The van der Waals surface area contributed by atoms with Gasteiger partial charge in [-0.1, -0.05) is 0 Å². The number of nitrogens with zero attached hydrogens (tertiary/aromatic N) is 2. The summed E-state index contributed by atoms with van der Waals surface area (Å²) in [5, 5.41) is 5.42. The Balaban J connectivity index is 1.99. The molecule has 0 radical (unpaired) electrons. The van der Waals surface area contributed by atoms with Gasteiger partial charge in [-0.05, 0) is 59.3 Å². The molecule has 0 aromatic carbocycles.